The summed E-state index contributed by atoms with van der Waals surface area (Å²) < 4.78 is 0. The van der Waals surface area contributed by atoms with Crippen LogP contribution in [-0.4, -0.2) is 47.3 Å². The van der Waals surface area contributed by atoms with Crippen molar-refractivity contribution in [3.05, 3.63) is 0 Å². The highest BCUT2D eigenvalue weighted by Crippen LogP contribution is 2.31. The molecule has 1 saturated heterocycles. The van der Waals surface area contributed by atoms with Crippen molar-refractivity contribution in [1.29, 1.82) is 0 Å². The van der Waals surface area contributed by atoms with Crippen molar-refractivity contribution in [2.75, 3.05) is 13.6 Å². The first-order chi connectivity index (χ1) is 10.7. The fourth-order valence-electron chi connectivity index (χ4n) is 4.58. The Morgan fingerprint density at radius 1 is 1.00 bits per heavy atom. The molecule has 3 fully saturated rings. The Bertz CT molecular complexity index is 409. The van der Waals surface area contributed by atoms with E-state index in [2.05, 4.69) is 0 Å². The Morgan fingerprint density at radius 3 is 2.23 bits per heavy atom. The van der Waals surface area contributed by atoms with Crippen molar-refractivity contribution < 1.29 is 9.59 Å². The molecular weight excluding hydrogens is 276 g/mol. The van der Waals surface area contributed by atoms with Crippen molar-refractivity contribution in [2.45, 2.75) is 82.7 Å². The topological polar surface area (TPSA) is 40.6 Å². The van der Waals surface area contributed by atoms with E-state index in [1.807, 2.05) is 16.8 Å². The molecule has 124 valence electrons. The number of hydrogen-bond donors (Lipinski definition) is 0. The second kappa shape index (κ2) is 7.01. The van der Waals surface area contributed by atoms with Gasteiger partial charge in [0.2, 0.25) is 11.8 Å². The van der Waals surface area contributed by atoms with Crippen molar-refractivity contribution in [1.82, 2.24) is 9.80 Å². The zero-order valence-corrected chi connectivity index (χ0v) is 13.9. The summed E-state index contributed by atoms with van der Waals surface area (Å²) in [7, 11) is 1.96. The molecule has 4 nitrogen and oxygen atoms in total. The van der Waals surface area contributed by atoms with E-state index in [9.17, 15) is 9.59 Å². The number of nitrogens with zero attached hydrogens (tertiary/aromatic N) is 2. The third-order valence-electron chi connectivity index (χ3n) is 5.99. The van der Waals surface area contributed by atoms with E-state index in [0.29, 0.717) is 25.0 Å². The number of carbonyl (C=O) groups excluding carboxylic acids is 2. The number of hydrogen-bond acceptors (Lipinski definition) is 2. The van der Waals surface area contributed by atoms with Gasteiger partial charge in [0.15, 0.2) is 0 Å². The van der Waals surface area contributed by atoms with E-state index in [4.69, 9.17) is 0 Å². The van der Waals surface area contributed by atoms with Crippen molar-refractivity contribution in [2.24, 2.45) is 5.92 Å². The van der Waals surface area contributed by atoms with Crippen LogP contribution in [0.2, 0.25) is 0 Å². The molecule has 3 rings (SSSR count). The number of rotatable bonds is 3. The molecule has 2 aliphatic carbocycles. The number of amides is 2. The summed E-state index contributed by atoms with van der Waals surface area (Å²) in [6.45, 7) is 0.666. The van der Waals surface area contributed by atoms with E-state index in [1.165, 1.54) is 38.5 Å². The maximum atomic E-state index is 12.8. The molecule has 1 atom stereocenters. The van der Waals surface area contributed by atoms with Gasteiger partial charge >= 0.3 is 0 Å². The molecule has 0 aromatic heterocycles. The van der Waals surface area contributed by atoms with Crippen LogP contribution < -0.4 is 0 Å². The van der Waals surface area contributed by atoms with Crippen LogP contribution in [0, 0.1) is 5.92 Å². The minimum atomic E-state index is -0.0960. The summed E-state index contributed by atoms with van der Waals surface area (Å²) in [6.07, 6.45) is 12.5. The average molecular weight is 306 g/mol. The van der Waals surface area contributed by atoms with Crippen LogP contribution in [0.1, 0.15) is 70.6 Å². The van der Waals surface area contributed by atoms with Gasteiger partial charge in [-0.25, -0.2) is 0 Å². The SMILES string of the molecule is CN(C(=O)C1CC(=O)N(C2CCCC2)C1)C1CCCCCC1. The first-order valence-corrected chi connectivity index (χ1v) is 9.23. The lowest BCUT2D eigenvalue weighted by Gasteiger charge is -2.30. The molecule has 0 bridgehead atoms. The van der Waals surface area contributed by atoms with Crippen LogP contribution in [0.15, 0.2) is 0 Å². The molecule has 0 N–H and O–H groups in total. The lowest BCUT2D eigenvalue weighted by atomic mass is 10.0. The van der Waals surface area contributed by atoms with Crippen molar-refractivity contribution in [3.8, 4) is 0 Å². The third-order valence-corrected chi connectivity index (χ3v) is 5.99. The lowest BCUT2D eigenvalue weighted by molar-refractivity contribution is -0.136. The second-order valence-corrected chi connectivity index (χ2v) is 7.48. The van der Waals surface area contributed by atoms with Crippen LogP contribution in [0.25, 0.3) is 0 Å². The van der Waals surface area contributed by atoms with E-state index < -0.39 is 0 Å². The number of likely N-dealkylation sites (tertiary alicyclic amines) is 1. The van der Waals surface area contributed by atoms with E-state index in [0.717, 1.165) is 25.7 Å². The van der Waals surface area contributed by atoms with Crippen molar-refractivity contribution in [3.63, 3.8) is 0 Å². The monoisotopic (exact) mass is 306 g/mol. The molecule has 2 amide bonds. The minimum absolute atomic E-state index is 0.0960. The lowest BCUT2D eigenvalue weighted by Crippen LogP contribution is -2.42. The largest absolute Gasteiger partial charge is 0.342 e. The van der Waals surface area contributed by atoms with Gasteiger partial charge in [-0.3, -0.25) is 9.59 Å². The average Bonchev–Trinajstić information content (AvgIpc) is 3.08. The van der Waals surface area contributed by atoms with Gasteiger partial charge in [0.05, 0.1) is 5.92 Å². The standard InChI is InChI=1S/C18H30N2O2/c1-19(15-8-4-2-3-5-9-15)18(22)14-12-17(21)20(13-14)16-10-6-7-11-16/h14-16H,2-13H2,1H3. The summed E-state index contributed by atoms with van der Waals surface area (Å²) >= 11 is 0. The zero-order valence-electron chi connectivity index (χ0n) is 13.9. The maximum Gasteiger partial charge on any atom is 0.227 e. The summed E-state index contributed by atoms with van der Waals surface area (Å²) in [4.78, 5) is 29.1. The Balaban J connectivity index is 1.58. The molecule has 4 heteroatoms. The third kappa shape index (κ3) is 3.31. The molecule has 0 aromatic rings. The quantitative estimate of drug-likeness (QED) is 0.752. The molecule has 3 aliphatic rings. The molecule has 1 aliphatic heterocycles. The van der Waals surface area contributed by atoms with Gasteiger partial charge in [-0.15, -0.1) is 0 Å². The Kier molecular flexibility index (Phi) is 5.04. The van der Waals surface area contributed by atoms with E-state index in [-0.39, 0.29) is 17.7 Å². The first kappa shape index (κ1) is 15.8. The molecule has 1 heterocycles. The zero-order chi connectivity index (χ0) is 15.5. The molecule has 0 radical (unpaired) electrons. The first-order valence-electron chi connectivity index (χ1n) is 9.23. The molecular formula is C18H30N2O2. The van der Waals surface area contributed by atoms with Gasteiger partial charge in [-0.2, -0.15) is 0 Å². The highest BCUT2D eigenvalue weighted by Gasteiger charge is 2.40. The van der Waals surface area contributed by atoms with Crippen molar-refractivity contribution >= 4 is 11.8 Å². The van der Waals surface area contributed by atoms with E-state index in [1.54, 1.807) is 0 Å². The fraction of sp³-hybridized carbons (Fsp3) is 0.889. The molecule has 1 unspecified atom stereocenters. The molecule has 0 spiro atoms. The van der Waals surface area contributed by atoms with Gasteiger partial charge in [0.1, 0.15) is 0 Å². The van der Waals surface area contributed by atoms with Crippen LogP contribution in [-0.2, 0) is 9.59 Å². The van der Waals surface area contributed by atoms with Crippen LogP contribution in [0.4, 0.5) is 0 Å². The van der Waals surface area contributed by atoms with Gasteiger partial charge in [-0.1, -0.05) is 38.5 Å². The second-order valence-electron chi connectivity index (χ2n) is 7.48. The van der Waals surface area contributed by atoms with Gasteiger partial charge in [0, 0.05) is 32.1 Å². The predicted molar refractivity (Wildman–Crippen MR) is 86.3 cm³/mol. The number of carbonyl (C=O) groups is 2. The highest BCUT2D eigenvalue weighted by molar-refractivity contribution is 5.89. The Hall–Kier alpha value is -1.06. The fourth-order valence-corrected chi connectivity index (χ4v) is 4.58. The summed E-state index contributed by atoms with van der Waals surface area (Å²) in [6, 6.07) is 0.805. The minimum Gasteiger partial charge on any atom is -0.342 e. The smallest absolute Gasteiger partial charge is 0.227 e. The highest BCUT2D eigenvalue weighted by atomic mass is 16.2. The molecule has 22 heavy (non-hydrogen) atoms. The normalized spacial score (nSPS) is 28.1. The maximum absolute atomic E-state index is 12.8. The molecule has 0 aromatic carbocycles. The van der Waals surface area contributed by atoms with Crippen LogP contribution in [0.5, 0.6) is 0 Å². The predicted octanol–water partition coefficient (Wildman–Crippen LogP) is 2.96. The molecule has 2 saturated carbocycles. The Morgan fingerprint density at radius 2 is 1.59 bits per heavy atom. The van der Waals surface area contributed by atoms with Crippen LogP contribution in [0.3, 0.4) is 0 Å². The van der Waals surface area contributed by atoms with Gasteiger partial charge < -0.3 is 9.80 Å². The van der Waals surface area contributed by atoms with Gasteiger partial charge in [-0.05, 0) is 25.7 Å². The van der Waals surface area contributed by atoms with Crippen LogP contribution >= 0.6 is 0 Å². The van der Waals surface area contributed by atoms with Gasteiger partial charge in [0.25, 0.3) is 0 Å². The summed E-state index contributed by atoms with van der Waals surface area (Å²) in [5.74, 6) is 0.321. The Labute approximate surface area is 134 Å². The van der Waals surface area contributed by atoms with E-state index >= 15 is 0 Å². The summed E-state index contributed by atoms with van der Waals surface area (Å²) in [5.41, 5.74) is 0. The summed E-state index contributed by atoms with van der Waals surface area (Å²) in [5, 5.41) is 0.